The standard InChI is InChI=1S/C14H22BO2S/c1-10-9-11(18-6)7-8-12(10)15-17-14(4,5)13(2,3)16/h7-9,16H,1-6H3. The van der Waals surface area contributed by atoms with Gasteiger partial charge in [-0.1, -0.05) is 17.1 Å². The predicted octanol–water partition coefficient (Wildman–Crippen LogP) is 2.53. The zero-order valence-corrected chi connectivity index (χ0v) is 12.9. The first kappa shape index (κ1) is 15.6. The molecule has 1 N–H and O–H groups in total. The average Bonchev–Trinajstić information content (AvgIpc) is 2.25. The Morgan fingerprint density at radius 3 is 2.28 bits per heavy atom. The lowest BCUT2D eigenvalue weighted by Crippen LogP contribution is -2.49. The van der Waals surface area contributed by atoms with Gasteiger partial charge in [0, 0.05) is 4.90 Å². The highest BCUT2D eigenvalue weighted by molar-refractivity contribution is 7.98. The Kier molecular flexibility index (Phi) is 4.93. The average molecular weight is 265 g/mol. The van der Waals surface area contributed by atoms with Gasteiger partial charge in [0.1, 0.15) is 0 Å². The lowest BCUT2D eigenvalue weighted by atomic mass is 9.80. The highest BCUT2D eigenvalue weighted by Crippen LogP contribution is 2.24. The first-order chi connectivity index (χ1) is 8.17. The Morgan fingerprint density at radius 1 is 1.22 bits per heavy atom. The van der Waals surface area contributed by atoms with Crippen LogP contribution in [0.5, 0.6) is 0 Å². The molecule has 0 atom stereocenters. The van der Waals surface area contributed by atoms with Crippen LogP contribution < -0.4 is 5.46 Å². The molecule has 0 bridgehead atoms. The Morgan fingerprint density at radius 2 is 1.83 bits per heavy atom. The SMILES string of the molecule is CSc1ccc([B]OC(C)(C)C(C)(C)O)c(C)c1. The van der Waals surface area contributed by atoms with E-state index in [0.29, 0.717) is 0 Å². The minimum absolute atomic E-state index is 0.627. The van der Waals surface area contributed by atoms with Crippen molar-refractivity contribution in [2.24, 2.45) is 0 Å². The second-order valence-electron chi connectivity index (χ2n) is 5.53. The largest absolute Gasteiger partial charge is 0.427 e. The summed E-state index contributed by atoms with van der Waals surface area (Å²) in [4.78, 5) is 1.24. The van der Waals surface area contributed by atoms with Gasteiger partial charge in [0.25, 0.3) is 0 Å². The molecule has 0 unspecified atom stereocenters. The van der Waals surface area contributed by atoms with Crippen molar-refractivity contribution in [3.63, 3.8) is 0 Å². The Bertz CT molecular complexity index is 411. The number of aryl methyl sites for hydroxylation is 1. The van der Waals surface area contributed by atoms with Crippen molar-refractivity contribution in [3.8, 4) is 0 Å². The Labute approximate surface area is 115 Å². The fourth-order valence-corrected chi connectivity index (χ4v) is 1.76. The van der Waals surface area contributed by atoms with Crippen LogP contribution >= 0.6 is 11.8 Å². The fraction of sp³-hybridized carbons (Fsp3) is 0.571. The van der Waals surface area contributed by atoms with Gasteiger partial charge in [0.2, 0.25) is 0 Å². The van der Waals surface area contributed by atoms with Crippen molar-refractivity contribution >= 4 is 24.7 Å². The van der Waals surface area contributed by atoms with E-state index in [9.17, 15) is 5.11 Å². The van der Waals surface area contributed by atoms with Gasteiger partial charge in [-0.15, -0.1) is 11.8 Å². The molecule has 2 nitrogen and oxygen atoms in total. The van der Waals surface area contributed by atoms with E-state index in [0.717, 1.165) is 5.46 Å². The molecule has 0 heterocycles. The molecular weight excluding hydrogens is 243 g/mol. The van der Waals surface area contributed by atoms with Crippen molar-refractivity contribution in [3.05, 3.63) is 23.8 Å². The Balaban J connectivity index is 2.75. The van der Waals surface area contributed by atoms with E-state index in [4.69, 9.17) is 4.65 Å². The van der Waals surface area contributed by atoms with Crippen LogP contribution in [0.2, 0.25) is 0 Å². The third-order valence-corrected chi connectivity index (χ3v) is 4.16. The minimum atomic E-state index is -0.892. The summed E-state index contributed by atoms with van der Waals surface area (Å²) in [5.41, 5.74) is 0.701. The van der Waals surface area contributed by atoms with Crippen molar-refractivity contribution in [1.29, 1.82) is 0 Å². The highest BCUT2D eigenvalue weighted by atomic mass is 32.2. The summed E-state index contributed by atoms with van der Waals surface area (Å²) in [6.07, 6.45) is 2.06. The van der Waals surface area contributed by atoms with Crippen molar-refractivity contribution < 1.29 is 9.76 Å². The summed E-state index contributed by atoms with van der Waals surface area (Å²) >= 11 is 1.72. The van der Waals surface area contributed by atoms with Crippen LogP contribution in [0, 0.1) is 6.92 Å². The van der Waals surface area contributed by atoms with Crippen LogP contribution in [0.1, 0.15) is 33.3 Å². The molecule has 1 aromatic rings. The van der Waals surface area contributed by atoms with E-state index in [2.05, 4.69) is 25.3 Å². The van der Waals surface area contributed by atoms with E-state index < -0.39 is 11.2 Å². The van der Waals surface area contributed by atoms with Gasteiger partial charge in [-0.05, 0) is 53.0 Å². The van der Waals surface area contributed by atoms with Crippen LogP contribution in [0.15, 0.2) is 23.1 Å². The van der Waals surface area contributed by atoms with Gasteiger partial charge in [-0.2, -0.15) is 0 Å². The third-order valence-electron chi connectivity index (χ3n) is 3.43. The van der Waals surface area contributed by atoms with E-state index in [1.807, 2.05) is 19.9 Å². The van der Waals surface area contributed by atoms with Gasteiger partial charge < -0.3 is 9.76 Å². The molecule has 0 aliphatic rings. The molecule has 1 aromatic carbocycles. The fourth-order valence-electron chi connectivity index (χ4n) is 1.26. The lowest BCUT2D eigenvalue weighted by molar-refractivity contribution is -0.0893. The van der Waals surface area contributed by atoms with Crippen LogP contribution in [0.4, 0.5) is 0 Å². The number of aliphatic hydroxyl groups is 1. The van der Waals surface area contributed by atoms with Gasteiger partial charge in [-0.3, -0.25) is 0 Å². The predicted molar refractivity (Wildman–Crippen MR) is 79.8 cm³/mol. The van der Waals surface area contributed by atoms with Crippen molar-refractivity contribution in [2.75, 3.05) is 6.26 Å². The molecule has 0 amide bonds. The van der Waals surface area contributed by atoms with Crippen molar-refractivity contribution in [1.82, 2.24) is 0 Å². The maximum absolute atomic E-state index is 10.0. The van der Waals surface area contributed by atoms with Gasteiger partial charge in [-0.25, -0.2) is 0 Å². The number of rotatable bonds is 5. The zero-order valence-electron chi connectivity index (χ0n) is 12.1. The van der Waals surface area contributed by atoms with E-state index in [1.165, 1.54) is 10.5 Å². The second-order valence-corrected chi connectivity index (χ2v) is 6.41. The molecule has 0 spiro atoms. The summed E-state index contributed by atoms with van der Waals surface area (Å²) in [5.74, 6) is 0. The van der Waals surface area contributed by atoms with Crippen molar-refractivity contribution in [2.45, 2.75) is 50.7 Å². The third kappa shape index (κ3) is 3.77. The van der Waals surface area contributed by atoms with Gasteiger partial charge in [0.15, 0.2) is 0 Å². The van der Waals surface area contributed by atoms with Gasteiger partial charge >= 0.3 is 7.48 Å². The van der Waals surface area contributed by atoms with E-state index in [1.54, 1.807) is 33.1 Å². The number of hydrogen-bond acceptors (Lipinski definition) is 3. The summed E-state index contributed by atoms with van der Waals surface area (Å²) in [6.45, 7) is 9.34. The van der Waals surface area contributed by atoms with Crippen LogP contribution in [0.25, 0.3) is 0 Å². The van der Waals surface area contributed by atoms with Crippen LogP contribution in [-0.4, -0.2) is 30.0 Å². The second kappa shape index (κ2) is 5.68. The molecule has 18 heavy (non-hydrogen) atoms. The summed E-state index contributed by atoms with van der Waals surface area (Å²) in [5, 5.41) is 10.0. The van der Waals surface area contributed by atoms with Gasteiger partial charge in [0.05, 0.1) is 11.2 Å². The highest BCUT2D eigenvalue weighted by Gasteiger charge is 2.35. The zero-order chi connectivity index (χ0) is 14.0. The monoisotopic (exact) mass is 265 g/mol. The molecule has 0 aliphatic heterocycles. The normalized spacial score (nSPS) is 12.6. The molecule has 0 fully saturated rings. The minimum Gasteiger partial charge on any atom is -0.427 e. The summed E-state index contributed by atoms with van der Waals surface area (Å²) in [7, 11) is 1.73. The number of benzene rings is 1. The maximum Gasteiger partial charge on any atom is 0.331 e. The molecule has 1 radical (unpaired) electrons. The molecule has 0 saturated heterocycles. The topological polar surface area (TPSA) is 29.5 Å². The molecule has 1 rings (SSSR count). The molecule has 99 valence electrons. The molecule has 4 heteroatoms. The summed E-state index contributed by atoms with van der Waals surface area (Å²) < 4.78 is 5.75. The Hall–Kier alpha value is -0.445. The molecule has 0 aromatic heterocycles. The first-order valence-electron chi connectivity index (χ1n) is 6.05. The maximum atomic E-state index is 10.0. The van der Waals surface area contributed by atoms with Crippen LogP contribution in [-0.2, 0) is 4.65 Å². The number of thioether (sulfide) groups is 1. The first-order valence-corrected chi connectivity index (χ1v) is 7.28. The quantitative estimate of drug-likeness (QED) is 0.655. The molecule has 0 aliphatic carbocycles. The molecule has 0 saturated carbocycles. The summed E-state index contributed by atoms with van der Waals surface area (Å²) in [6, 6.07) is 6.25. The van der Waals surface area contributed by atoms with Crippen LogP contribution in [0.3, 0.4) is 0 Å². The lowest BCUT2D eigenvalue weighted by Gasteiger charge is -2.37. The van der Waals surface area contributed by atoms with E-state index >= 15 is 0 Å². The molecular formula is C14H22BO2S. The number of hydrogen-bond donors (Lipinski definition) is 1. The smallest absolute Gasteiger partial charge is 0.331 e. The van der Waals surface area contributed by atoms with E-state index in [-0.39, 0.29) is 0 Å².